The van der Waals surface area contributed by atoms with E-state index in [1.165, 1.54) is 16.4 Å². The van der Waals surface area contributed by atoms with Crippen molar-refractivity contribution in [1.29, 1.82) is 0 Å². The minimum atomic E-state index is -3.94. The third-order valence-corrected chi connectivity index (χ3v) is 6.88. The van der Waals surface area contributed by atoms with Gasteiger partial charge in [0.05, 0.1) is 4.92 Å². The van der Waals surface area contributed by atoms with E-state index < -0.39 is 14.9 Å². The van der Waals surface area contributed by atoms with E-state index in [2.05, 4.69) is 4.90 Å². The Balaban J connectivity index is 2.01. The molecule has 2 aromatic carbocycles. The molecule has 2 aromatic rings. The van der Waals surface area contributed by atoms with Crippen LogP contribution in [0.1, 0.15) is 18.1 Å². The van der Waals surface area contributed by atoms with Crippen LogP contribution in [0.15, 0.2) is 41.3 Å². The van der Waals surface area contributed by atoms with E-state index in [1.54, 1.807) is 12.1 Å². The summed E-state index contributed by atoms with van der Waals surface area (Å²) in [5, 5.41) is 11.2. The van der Waals surface area contributed by atoms with E-state index in [0.29, 0.717) is 31.9 Å². The summed E-state index contributed by atoms with van der Waals surface area (Å²) in [7, 11) is -3.94. The Labute approximate surface area is 170 Å². The molecule has 0 spiro atoms. The van der Waals surface area contributed by atoms with Gasteiger partial charge in [-0.05, 0) is 49.7 Å². The molecule has 156 valence electrons. The number of non-ortho nitro benzene ring substituents is 1. The van der Waals surface area contributed by atoms with E-state index in [9.17, 15) is 18.5 Å². The molecule has 0 radical (unpaired) electrons. The van der Waals surface area contributed by atoms with Crippen molar-refractivity contribution in [2.45, 2.75) is 25.7 Å². The van der Waals surface area contributed by atoms with E-state index >= 15 is 0 Å². The number of hydrogen-bond acceptors (Lipinski definition) is 6. The summed E-state index contributed by atoms with van der Waals surface area (Å²) < 4.78 is 33.9. The first-order chi connectivity index (χ1) is 13.7. The number of hydrogen-bond donors (Lipinski definition) is 0. The number of benzene rings is 2. The third-order valence-electron chi connectivity index (χ3n) is 4.96. The first kappa shape index (κ1) is 21.2. The molecular formula is C20H25N3O5S. The highest BCUT2D eigenvalue weighted by Crippen LogP contribution is 2.34. The lowest BCUT2D eigenvalue weighted by atomic mass is 10.1. The zero-order chi connectivity index (χ0) is 21.2. The van der Waals surface area contributed by atoms with Crippen LogP contribution < -0.4 is 4.74 Å². The molecule has 0 amide bonds. The second kappa shape index (κ2) is 8.48. The number of nitrogens with zero attached hydrogens (tertiary/aromatic N) is 3. The van der Waals surface area contributed by atoms with Crippen molar-refractivity contribution in [3.63, 3.8) is 0 Å². The highest BCUT2D eigenvalue weighted by molar-refractivity contribution is 7.89. The second-order valence-electron chi connectivity index (χ2n) is 7.15. The zero-order valence-corrected chi connectivity index (χ0v) is 17.6. The molecule has 8 nitrogen and oxygen atoms in total. The Morgan fingerprint density at radius 1 is 1.03 bits per heavy atom. The molecule has 1 fully saturated rings. The average Bonchev–Trinajstić information content (AvgIpc) is 2.67. The van der Waals surface area contributed by atoms with E-state index in [0.717, 1.165) is 23.7 Å². The summed E-state index contributed by atoms with van der Waals surface area (Å²) >= 11 is 0. The Kier molecular flexibility index (Phi) is 6.21. The number of likely N-dealkylation sites (N-methyl/N-ethyl adjacent to an activating group) is 1. The molecule has 29 heavy (non-hydrogen) atoms. The van der Waals surface area contributed by atoms with Crippen LogP contribution in [0.3, 0.4) is 0 Å². The molecule has 0 aliphatic carbocycles. The standard InChI is InChI=1S/C20H25N3O5S/c1-4-21-7-9-22(10-8-21)29(26,27)20-14-17(23(24)25)5-6-19(20)28-18-12-15(2)11-16(3)13-18/h5-6,11-14H,4,7-10H2,1-3H3. The van der Waals surface area contributed by atoms with Gasteiger partial charge in [-0.1, -0.05) is 13.0 Å². The van der Waals surface area contributed by atoms with E-state index in [1.807, 2.05) is 26.8 Å². The topological polar surface area (TPSA) is 93.0 Å². The van der Waals surface area contributed by atoms with Gasteiger partial charge in [-0.25, -0.2) is 8.42 Å². The minimum absolute atomic E-state index is 0.0820. The zero-order valence-electron chi connectivity index (χ0n) is 16.8. The summed E-state index contributed by atoms with van der Waals surface area (Å²) in [5.74, 6) is 0.571. The highest BCUT2D eigenvalue weighted by Gasteiger charge is 2.32. The molecule has 9 heteroatoms. The van der Waals surface area contributed by atoms with Crippen molar-refractivity contribution in [2.75, 3.05) is 32.7 Å². The van der Waals surface area contributed by atoms with Crippen molar-refractivity contribution < 1.29 is 18.1 Å². The van der Waals surface area contributed by atoms with Crippen molar-refractivity contribution in [1.82, 2.24) is 9.21 Å². The van der Waals surface area contributed by atoms with Gasteiger partial charge >= 0.3 is 0 Å². The lowest BCUT2D eigenvalue weighted by Crippen LogP contribution is -2.48. The molecule has 1 saturated heterocycles. The predicted molar refractivity (Wildman–Crippen MR) is 110 cm³/mol. The van der Waals surface area contributed by atoms with Crippen LogP contribution in [-0.4, -0.2) is 55.3 Å². The molecule has 0 N–H and O–H groups in total. The Hall–Kier alpha value is -2.49. The first-order valence-corrected chi connectivity index (χ1v) is 10.9. The SMILES string of the molecule is CCN1CCN(S(=O)(=O)c2cc([N+](=O)[O-])ccc2Oc2cc(C)cc(C)c2)CC1. The fourth-order valence-corrected chi connectivity index (χ4v) is 5.00. The van der Waals surface area contributed by atoms with Gasteiger partial charge in [0.1, 0.15) is 16.4 Å². The normalized spacial score (nSPS) is 16.0. The van der Waals surface area contributed by atoms with Crippen molar-refractivity contribution in [3.05, 3.63) is 57.6 Å². The number of nitro benzene ring substituents is 1. The van der Waals surface area contributed by atoms with Crippen molar-refractivity contribution >= 4 is 15.7 Å². The van der Waals surface area contributed by atoms with Gasteiger partial charge in [0.15, 0.2) is 0 Å². The summed E-state index contributed by atoms with van der Waals surface area (Å²) in [6, 6.07) is 9.26. The number of piperazine rings is 1. The summed E-state index contributed by atoms with van der Waals surface area (Å²) in [6.45, 7) is 8.63. The lowest BCUT2D eigenvalue weighted by molar-refractivity contribution is -0.385. The van der Waals surface area contributed by atoms with E-state index in [4.69, 9.17) is 4.74 Å². The van der Waals surface area contributed by atoms with Gasteiger partial charge in [-0.2, -0.15) is 4.31 Å². The van der Waals surface area contributed by atoms with Gasteiger partial charge in [-0.15, -0.1) is 0 Å². The van der Waals surface area contributed by atoms with Gasteiger partial charge in [0.2, 0.25) is 10.0 Å². The van der Waals surface area contributed by atoms with Crippen LogP contribution >= 0.6 is 0 Å². The maximum atomic E-state index is 13.3. The maximum absolute atomic E-state index is 13.3. The number of rotatable bonds is 6. The molecule has 0 atom stereocenters. The van der Waals surface area contributed by atoms with Gasteiger partial charge < -0.3 is 9.64 Å². The predicted octanol–water partition coefficient (Wildman–Crippen LogP) is 3.33. The second-order valence-corrected chi connectivity index (χ2v) is 9.06. The molecular weight excluding hydrogens is 394 g/mol. The molecule has 0 bridgehead atoms. The average molecular weight is 420 g/mol. The summed E-state index contributed by atoms with van der Waals surface area (Å²) in [6.07, 6.45) is 0. The minimum Gasteiger partial charge on any atom is -0.456 e. The monoisotopic (exact) mass is 419 g/mol. The Bertz CT molecular complexity index is 995. The first-order valence-electron chi connectivity index (χ1n) is 9.48. The van der Waals surface area contributed by atoms with Crippen LogP contribution in [0.4, 0.5) is 5.69 Å². The molecule has 1 heterocycles. The Morgan fingerprint density at radius 3 is 2.21 bits per heavy atom. The lowest BCUT2D eigenvalue weighted by Gasteiger charge is -2.33. The third kappa shape index (κ3) is 4.75. The van der Waals surface area contributed by atoms with Gasteiger partial charge in [0.25, 0.3) is 5.69 Å². The largest absolute Gasteiger partial charge is 0.456 e. The highest BCUT2D eigenvalue weighted by atomic mass is 32.2. The van der Waals surface area contributed by atoms with Crippen LogP contribution in [0, 0.1) is 24.0 Å². The van der Waals surface area contributed by atoms with E-state index in [-0.39, 0.29) is 16.3 Å². The fourth-order valence-electron chi connectivity index (χ4n) is 3.44. The fraction of sp³-hybridized carbons (Fsp3) is 0.400. The van der Waals surface area contributed by atoms with Crippen molar-refractivity contribution in [3.8, 4) is 11.5 Å². The molecule has 1 aliphatic heterocycles. The number of ether oxygens (including phenoxy) is 1. The van der Waals surface area contributed by atoms with Crippen LogP contribution in [0.5, 0.6) is 11.5 Å². The summed E-state index contributed by atoms with van der Waals surface area (Å²) in [4.78, 5) is 12.6. The van der Waals surface area contributed by atoms with Crippen LogP contribution in [0.2, 0.25) is 0 Å². The van der Waals surface area contributed by atoms with Gasteiger partial charge in [0, 0.05) is 38.3 Å². The number of aryl methyl sites for hydroxylation is 2. The molecule has 1 aliphatic rings. The number of nitro groups is 1. The smallest absolute Gasteiger partial charge is 0.271 e. The Morgan fingerprint density at radius 2 is 1.66 bits per heavy atom. The van der Waals surface area contributed by atoms with Crippen molar-refractivity contribution in [2.24, 2.45) is 0 Å². The molecule has 0 saturated carbocycles. The van der Waals surface area contributed by atoms with Crippen LogP contribution in [0.25, 0.3) is 0 Å². The molecule has 3 rings (SSSR count). The maximum Gasteiger partial charge on any atom is 0.271 e. The van der Waals surface area contributed by atoms with Gasteiger partial charge in [-0.3, -0.25) is 10.1 Å². The number of sulfonamides is 1. The van der Waals surface area contributed by atoms with Crippen LogP contribution in [-0.2, 0) is 10.0 Å². The quantitative estimate of drug-likeness (QED) is 0.527. The molecule has 0 unspecified atom stereocenters. The molecule has 0 aromatic heterocycles. The summed E-state index contributed by atoms with van der Waals surface area (Å²) in [5.41, 5.74) is 1.66.